The molecule has 1 amide bonds. The summed E-state index contributed by atoms with van der Waals surface area (Å²) in [5.74, 6) is -1.84. The Morgan fingerprint density at radius 1 is 1.50 bits per heavy atom. The molecule has 0 aliphatic carbocycles. The molecule has 2 N–H and O–H groups in total. The number of carbonyl (C=O) groups excluding carboxylic acids is 1. The summed E-state index contributed by atoms with van der Waals surface area (Å²) in [5, 5.41) is 5.08. The molecule has 0 saturated carbocycles. The predicted octanol–water partition coefficient (Wildman–Crippen LogP) is 0.805. The van der Waals surface area contributed by atoms with Crippen LogP contribution in [0.2, 0.25) is 0 Å². The van der Waals surface area contributed by atoms with Gasteiger partial charge in [0.05, 0.1) is 0 Å². The lowest BCUT2D eigenvalue weighted by Crippen LogP contribution is -2.49. The number of rotatable bonds is 1. The SMILES string of the molecule is C[C@@H]1C[C@H](NC(=O)C(F)(F)F)CCN1. The minimum atomic E-state index is -4.77. The molecular weight excluding hydrogens is 197 g/mol. The molecule has 1 heterocycles. The van der Waals surface area contributed by atoms with Crippen molar-refractivity contribution in [3.8, 4) is 0 Å². The fourth-order valence-corrected chi connectivity index (χ4v) is 1.53. The first-order valence-electron chi connectivity index (χ1n) is 4.50. The van der Waals surface area contributed by atoms with Crippen LogP contribution in [0.25, 0.3) is 0 Å². The molecule has 1 rings (SSSR count). The van der Waals surface area contributed by atoms with E-state index in [1.807, 2.05) is 12.2 Å². The van der Waals surface area contributed by atoms with Crippen LogP contribution in [0.1, 0.15) is 19.8 Å². The Balaban J connectivity index is 2.40. The summed E-state index contributed by atoms with van der Waals surface area (Å²) >= 11 is 0. The first kappa shape index (κ1) is 11.3. The van der Waals surface area contributed by atoms with Gasteiger partial charge < -0.3 is 10.6 Å². The smallest absolute Gasteiger partial charge is 0.345 e. The molecule has 0 bridgehead atoms. The van der Waals surface area contributed by atoms with Gasteiger partial charge in [0, 0.05) is 12.1 Å². The van der Waals surface area contributed by atoms with E-state index in [-0.39, 0.29) is 12.1 Å². The van der Waals surface area contributed by atoms with E-state index in [2.05, 4.69) is 5.32 Å². The molecular formula is C8H13F3N2O. The van der Waals surface area contributed by atoms with E-state index < -0.39 is 12.1 Å². The third kappa shape index (κ3) is 3.17. The van der Waals surface area contributed by atoms with Crippen molar-refractivity contribution in [1.82, 2.24) is 10.6 Å². The highest BCUT2D eigenvalue weighted by atomic mass is 19.4. The number of halogens is 3. The van der Waals surface area contributed by atoms with Crippen LogP contribution in [0.15, 0.2) is 0 Å². The molecule has 14 heavy (non-hydrogen) atoms. The zero-order chi connectivity index (χ0) is 10.8. The molecule has 2 atom stereocenters. The first-order valence-corrected chi connectivity index (χ1v) is 4.50. The number of amides is 1. The van der Waals surface area contributed by atoms with Gasteiger partial charge in [-0.3, -0.25) is 4.79 Å². The second-order valence-electron chi connectivity index (χ2n) is 3.55. The minimum absolute atomic E-state index is 0.155. The van der Waals surface area contributed by atoms with Crippen LogP contribution in [-0.2, 0) is 4.79 Å². The van der Waals surface area contributed by atoms with E-state index >= 15 is 0 Å². The van der Waals surface area contributed by atoms with Crippen molar-refractivity contribution in [2.45, 2.75) is 38.0 Å². The van der Waals surface area contributed by atoms with Gasteiger partial charge in [0.1, 0.15) is 0 Å². The van der Waals surface area contributed by atoms with Crippen LogP contribution in [-0.4, -0.2) is 30.7 Å². The van der Waals surface area contributed by atoms with Gasteiger partial charge in [-0.1, -0.05) is 0 Å². The van der Waals surface area contributed by atoms with Gasteiger partial charge in [0.15, 0.2) is 0 Å². The van der Waals surface area contributed by atoms with Crippen molar-refractivity contribution in [2.24, 2.45) is 0 Å². The number of nitrogens with one attached hydrogen (secondary N) is 2. The molecule has 0 aromatic rings. The highest BCUT2D eigenvalue weighted by Gasteiger charge is 2.40. The van der Waals surface area contributed by atoms with Crippen molar-refractivity contribution in [3.63, 3.8) is 0 Å². The van der Waals surface area contributed by atoms with Gasteiger partial charge in [-0.15, -0.1) is 0 Å². The third-order valence-corrected chi connectivity index (χ3v) is 2.22. The lowest BCUT2D eigenvalue weighted by Gasteiger charge is -2.28. The summed E-state index contributed by atoms with van der Waals surface area (Å²) in [7, 11) is 0. The maximum atomic E-state index is 11.9. The van der Waals surface area contributed by atoms with Crippen molar-refractivity contribution >= 4 is 5.91 Å². The quantitative estimate of drug-likeness (QED) is 0.672. The number of alkyl halides is 3. The van der Waals surface area contributed by atoms with Gasteiger partial charge >= 0.3 is 12.1 Å². The molecule has 0 aromatic heterocycles. The zero-order valence-corrected chi connectivity index (χ0v) is 7.82. The zero-order valence-electron chi connectivity index (χ0n) is 7.82. The standard InChI is InChI=1S/C8H13F3N2O/c1-5-4-6(2-3-12-5)13-7(14)8(9,10)11/h5-6,12H,2-4H2,1H3,(H,13,14)/t5-,6-/m1/s1. The van der Waals surface area contributed by atoms with Gasteiger partial charge in [-0.25, -0.2) is 0 Å². The monoisotopic (exact) mass is 210 g/mol. The van der Waals surface area contributed by atoms with Crippen molar-refractivity contribution < 1.29 is 18.0 Å². The Kier molecular flexibility index (Phi) is 3.36. The van der Waals surface area contributed by atoms with E-state index in [1.54, 1.807) is 0 Å². The molecule has 3 nitrogen and oxygen atoms in total. The molecule has 1 aliphatic heterocycles. The van der Waals surface area contributed by atoms with Crippen LogP contribution in [0.3, 0.4) is 0 Å². The Hall–Kier alpha value is -0.780. The molecule has 0 unspecified atom stereocenters. The number of carbonyl (C=O) groups is 1. The number of piperidine rings is 1. The normalized spacial score (nSPS) is 28.6. The molecule has 1 saturated heterocycles. The van der Waals surface area contributed by atoms with E-state index in [1.165, 1.54) is 0 Å². The van der Waals surface area contributed by atoms with Gasteiger partial charge in [-0.05, 0) is 26.3 Å². The third-order valence-electron chi connectivity index (χ3n) is 2.22. The van der Waals surface area contributed by atoms with Crippen LogP contribution >= 0.6 is 0 Å². The minimum Gasteiger partial charge on any atom is -0.345 e. The summed E-state index contributed by atoms with van der Waals surface area (Å²) < 4.78 is 35.6. The molecule has 0 aromatic carbocycles. The fourth-order valence-electron chi connectivity index (χ4n) is 1.53. The van der Waals surface area contributed by atoms with Crippen LogP contribution in [0.5, 0.6) is 0 Å². The Morgan fingerprint density at radius 2 is 2.14 bits per heavy atom. The Bertz CT molecular complexity index is 217. The van der Waals surface area contributed by atoms with Crippen LogP contribution in [0.4, 0.5) is 13.2 Å². The average Bonchev–Trinajstić information content (AvgIpc) is 2.02. The molecule has 6 heteroatoms. The van der Waals surface area contributed by atoms with E-state index in [4.69, 9.17) is 0 Å². The van der Waals surface area contributed by atoms with E-state index in [0.717, 1.165) is 0 Å². The predicted molar refractivity (Wildman–Crippen MR) is 44.7 cm³/mol. The fraction of sp³-hybridized carbons (Fsp3) is 0.875. The molecule has 1 fully saturated rings. The largest absolute Gasteiger partial charge is 0.471 e. The van der Waals surface area contributed by atoms with Crippen LogP contribution < -0.4 is 10.6 Å². The second-order valence-corrected chi connectivity index (χ2v) is 3.55. The van der Waals surface area contributed by atoms with E-state index in [9.17, 15) is 18.0 Å². The summed E-state index contributed by atoms with van der Waals surface area (Å²) in [4.78, 5) is 10.6. The van der Waals surface area contributed by atoms with Crippen molar-refractivity contribution in [2.75, 3.05) is 6.54 Å². The van der Waals surface area contributed by atoms with E-state index in [0.29, 0.717) is 19.4 Å². The van der Waals surface area contributed by atoms with Gasteiger partial charge in [0.25, 0.3) is 0 Å². The summed E-state index contributed by atoms with van der Waals surface area (Å²) in [5.41, 5.74) is 0. The maximum absolute atomic E-state index is 11.9. The van der Waals surface area contributed by atoms with Gasteiger partial charge in [-0.2, -0.15) is 13.2 Å². The highest BCUT2D eigenvalue weighted by molar-refractivity contribution is 5.81. The average molecular weight is 210 g/mol. The molecule has 82 valence electrons. The second kappa shape index (κ2) is 4.16. The van der Waals surface area contributed by atoms with Crippen molar-refractivity contribution in [1.29, 1.82) is 0 Å². The maximum Gasteiger partial charge on any atom is 0.471 e. The topological polar surface area (TPSA) is 41.1 Å². The summed E-state index contributed by atoms with van der Waals surface area (Å²) in [6, 6.07) is -0.206. The van der Waals surface area contributed by atoms with Crippen LogP contribution in [0, 0.1) is 0 Å². The molecule has 0 spiro atoms. The lowest BCUT2D eigenvalue weighted by molar-refractivity contribution is -0.174. The lowest BCUT2D eigenvalue weighted by atomic mass is 10.0. The summed E-state index contributed by atoms with van der Waals surface area (Å²) in [6.07, 6.45) is -3.68. The molecule has 1 aliphatic rings. The first-order chi connectivity index (χ1) is 6.39. The molecule has 0 radical (unpaired) electrons. The number of hydrogen-bond acceptors (Lipinski definition) is 2. The summed E-state index contributed by atoms with van der Waals surface area (Å²) in [6.45, 7) is 2.52. The van der Waals surface area contributed by atoms with Gasteiger partial charge in [0.2, 0.25) is 0 Å². The Labute approximate surface area is 80.0 Å². The highest BCUT2D eigenvalue weighted by Crippen LogP contribution is 2.16. The van der Waals surface area contributed by atoms with Crippen molar-refractivity contribution in [3.05, 3.63) is 0 Å². The Morgan fingerprint density at radius 3 is 2.64 bits per heavy atom. The number of hydrogen-bond donors (Lipinski definition) is 2.